The molecule has 0 spiro atoms. The van der Waals surface area contributed by atoms with Gasteiger partial charge in [-0.05, 0) is 24.6 Å². The summed E-state index contributed by atoms with van der Waals surface area (Å²) in [6.45, 7) is 2.73. The smallest absolute Gasteiger partial charge is 0.221 e. The maximum absolute atomic E-state index is 10.9. The number of nitrogens with one attached hydrogen (secondary N) is 1. The number of amides is 1. The highest BCUT2D eigenvalue weighted by Crippen LogP contribution is 2.18. The van der Waals surface area contributed by atoms with E-state index in [1.165, 1.54) is 0 Å². The number of hydrogen-bond acceptors (Lipinski definition) is 4. The summed E-state index contributed by atoms with van der Waals surface area (Å²) in [4.78, 5) is 16.4. The van der Waals surface area contributed by atoms with Gasteiger partial charge in [-0.1, -0.05) is 12.1 Å². The van der Waals surface area contributed by atoms with E-state index in [1.807, 2.05) is 42.8 Å². The van der Waals surface area contributed by atoms with Gasteiger partial charge in [0.1, 0.15) is 0 Å². The van der Waals surface area contributed by atoms with Gasteiger partial charge in [0.05, 0.1) is 24.4 Å². The van der Waals surface area contributed by atoms with Crippen LogP contribution < -0.4 is 11.1 Å². The van der Waals surface area contributed by atoms with Gasteiger partial charge in [0.25, 0.3) is 0 Å². The maximum Gasteiger partial charge on any atom is 0.221 e. The highest BCUT2D eigenvalue weighted by Gasteiger charge is 2.09. The summed E-state index contributed by atoms with van der Waals surface area (Å²) in [5.41, 5.74) is 9.31. The lowest BCUT2D eigenvalue weighted by Crippen LogP contribution is -2.13. The predicted octanol–water partition coefficient (Wildman–Crippen LogP) is 2.34. The number of imidazole rings is 1. The first-order valence-corrected chi connectivity index (χ1v) is 7.53. The third-order valence-corrected chi connectivity index (χ3v) is 4.11. The molecule has 0 saturated carbocycles. The van der Waals surface area contributed by atoms with Gasteiger partial charge >= 0.3 is 0 Å². The molecule has 0 unspecified atom stereocenters. The van der Waals surface area contributed by atoms with Crippen molar-refractivity contribution in [2.45, 2.75) is 19.9 Å². The van der Waals surface area contributed by atoms with E-state index >= 15 is 0 Å². The highest BCUT2D eigenvalue weighted by molar-refractivity contribution is 7.15. The fraction of sp³-hybridized carbons (Fsp3) is 0.200. The van der Waals surface area contributed by atoms with Crippen LogP contribution in [0.4, 0.5) is 5.69 Å². The number of anilines is 1. The Bertz CT molecular complexity index is 773. The molecule has 6 heteroatoms. The van der Waals surface area contributed by atoms with Crippen molar-refractivity contribution in [1.82, 2.24) is 9.38 Å². The Kier molecular flexibility index (Phi) is 3.62. The van der Waals surface area contributed by atoms with Crippen LogP contribution in [-0.4, -0.2) is 15.3 Å². The molecule has 0 bridgehead atoms. The summed E-state index contributed by atoms with van der Waals surface area (Å²) < 4.78 is 2.11. The quantitative estimate of drug-likeness (QED) is 0.759. The van der Waals surface area contributed by atoms with Gasteiger partial charge in [-0.15, -0.1) is 11.3 Å². The van der Waals surface area contributed by atoms with Gasteiger partial charge in [0, 0.05) is 17.3 Å². The molecule has 1 amide bonds. The van der Waals surface area contributed by atoms with Crippen LogP contribution in [0.5, 0.6) is 0 Å². The first-order chi connectivity index (χ1) is 10.1. The molecule has 3 aromatic rings. The minimum Gasteiger partial charge on any atom is -0.379 e. The van der Waals surface area contributed by atoms with Crippen molar-refractivity contribution in [3.8, 4) is 0 Å². The average molecular weight is 300 g/mol. The molecule has 3 rings (SSSR count). The molecule has 0 aliphatic heterocycles. The molecule has 0 saturated heterocycles. The second kappa shape index (κ2) is 5.57. The van der Waals surface area contributed by atoms with Gasteiger partial charge < -0.3 is 11.1 Å². The van der Waals surface area contributed by atoms with Crippen molar-refractivity contribution in [3.05, 3.63) is 52.8 Å². The van der Waals surface area contributed by atoms with E-state index in [-0.39, 0.29) is 12.3 Å². The number of thiazole rings is 1. The highest BCUT2D eigenvalue weighted by atomic mass is 32.1. The number of hydrogen-bond donors (Lipinski definition) is 2. The monoisotopic (exact) mass is 300 g/mol. The molecule has 2 heterocycles. The van der Waals surface area contributed by atoms with Crippen molar-refractivity contribution in [2.75, 3.05) is 5.32 Å². The van der Waals surface area contributed by atoms with E-state index in [4.69, 9.17) is 5.73 Å². The second-order valence-corrected chi connectivity index (χ2v) is 5.77. The number of benzene rings is 1. The van der Waals surface area contributed by atoms with E-state index < -0.39 is 0 Å². The van der Waals surface area contributed by atoms with E-state index in [2.05, 4.69) is 14.7 Å². The van der Waals surface area contributed by atoms with Gasteiger partial charge in [0.15, 0.2) is 4.96 Å². The Morgan fingerprint density at radius 1 is 1.38 bits per heavy atom. The fourth-order valence-corrected chi connectivity index (χ4v) is 3.06. The Balaban J connectivity index is 1.71. The molecule has 21 heavy (non-hydrogen) atoms. The number of aromatic nitrogens is 2. The summed E-state index contributed by atoms with van der Waals surface area (Å²) in [7, 11) is 0. The van der Waals surface area contributed by atoms with Gasteiger partial charge in [0.2, 0.25) is 5.91 Å². The molecular weight excluding hydrogens is 284 g/mol. The van der Waals surface area contributed by atoms with Crippen LogP contribution in [0.2, 0.25) is 0 Å². The molecule has 3 N–H and O–H groups in total. The van der Waals surface area contributed by atoms with Crippen LogP contribution >= 0.6 is 11.3 Å². The Morgan fingerprint density at radius 3 is 2.86 bits per heavy atom. The first kappa shape index (κ1) is 13.6. The number of nitrogens with zero attached hydrogens (tertiary/aromatic N) is 2. The lowest BCUT2D eigenvalue weighted by Gasteiger charge is -2.07. The number of primary amides is 1. The number of carbonyl (C=O) groups is 1. The van der Waals surface area contributed by atoms with Crippen LogP contribution in [-0.2, 0) is 17.8 Å². The van der Waals surface area contributed by atoms with Crippen molar-refractivity contribution in [2.24, 2.45) is 5.73 Å². The number of aryl methyl sites for hydroxylation is 1. The summed E-state index contributed by atoms with van der Waals surface area (Å²) in [6.07, 6.45) is 2.31. The lowest BCUT2D eigenvalue weighted by atomic mass is 10.1. The summed E-state index contributed by atoms with van der Waals surface area (Å²) in [5, 5.41) is 5.41. The van der Waals surface area contributed by atoms with Crippen LogP contribution in [0, 0.1) is 6.92 Å². The lowest BCUT2D eigenvalue weighted by molar-refractivity contribution is -0.117. The Morgan fingerprint density at radius 2 is 2.14 bits per heavy atom. The summed E-state index contributed by atoms with van der Waals surface area (Å²) in [6, 6.07) is 7.74. The zero-order valence-corrected chi connectivity index (χ0v) is 12.5. The van der Waals surface area contributed by atoms with Crippen LogP contribution in [0.15, 0.2) is 35.8 Å². The zero-order valence-electron chi connectivity index (χ0n) is 11.7. The molecule has 5 nitrogen and oxygen atoms in total. The number of rotatable bonds is 5. The Labute approximate surface area is 126 Å². The largest absolute Gasteiger partial charge is 0.379 e. The molecule has 2 aromatic heterocycles. The molecule has 0 atom stereocenters. The van der Waals surface area contributed by atoms with E-state index in [9.17, 15) is 4.79 Å². The first-order valence-electron chi connectivity index (χ1n) is 6.65. The van der Waals surface area contributed by atoms with Crippen LogP contribution in [0.25, 0.3) is 4.96 Å². The van der Waals surface area contributed by atoms with E-state index in [0.717, 1.165) is 27.6 Å². The van der Waals surface area contributed by atoms with Crippen molar-refractivity contribution in [1.29, 1.82) is 0 Å². The van der Waals surface area contributed by atoms with Crippen LogP contribution in [0.1, 0.15) is 17.0 Å². The molecule has 108 valence electrons. The third-order valence-electron chi connectivity index (χ3n) is 3.35. The molecule has 0 aliphatic rings. The zero-order chi connectivity index (χ0) is 14.8. The standard InChI is InChI=1S/C15H16N4OS/c1-10-13(19-6-7-21-15(19)18-10)9-17-12-4-2-11(3-5-12)8-14(16)20/h2-7,17H,8-9H2,1H3,(H2,16,20). The molecular formula is C15H16N4OS. The third kappa shape index (κ3) is 2.90. The normalized spacial score (nSPS) is 10.9. The Hall–Kier alpha value is -2.34. The molecule has 1 aromatic carbocycles. The topological polar surface area (TPSA) is 72.4 Å². The molecule has 0 fully saturated rings. The number of carbonyl (C=O) groups excluding carboxylic acids is 1. The minimum atomic E-state index is -0.314. The van der Waals surface area contributed by atoms with E-state index in [0.29, 0.717) is 6.54 Å². The SMILES string of the molecule is Cc1nc2sccn2c1CNc1ccc(CC(N)=O)cc1. The minimum absolute atomic E-state index is 0.275. The van der Waals surface area contributed by atoms with Crippen molar-refractivity contribution in [3.63, 3.8) is 0 Å². The summed E-state index contributed by atoms with van der Waals surface area (Å²) >= 11 is 1.63. The van der Waals surface area contributed by atoms with Crippen LogP contribution in [0.3, 0.4) is 0 Å². The average Bonchev–Trinajstić information content (AvgIpc) is 2.98. The predicted molar refractivity (Wildman–Crippen MR) is 84.5 cm³/mol. The van der Waals surface area contributed by atoms with E-state index in [1.54, 1.807) is 11.3 Å². The van der Waals surface area contributed by atoms with Gasteiger partial charge in [-0.3, -0.25) is 9.20 Å². The fourth-order valence-electron chi connectivity index (χ4n) is 2.28. The molecule has 0 aliphatic carbocycles. The summed E-state index contributed by atoms with van der Waals surface area (Å²) in [5.74, 6) is -0.314. The van der Waals surface area contributed by atoms with Gasteiger partial charge in [-0.2, -0.15) is 0 Å². The van der Waals surface area contributed by atoms with Gasteiger partial charge in [-0.25, -0.2) is 4.98 Å². The second-order valence-electron chi connectivity index (χ2n) is 4.89. The maximum atomic E-state index is 10.9. The number of nitrogens with two attached hydrogens (primary N) is 1. The molecule has 0 radical (unpaired) electrons. The van der Waals surface area contributed by atoms with Crippen molar-refractivity contribution < 1.29 is 4.79 Å². The number of fused-ring (bicyclic) bond motifs is 1. The van der Waals surface area contributed by atoms with Crippen molar-refractivity contribution >= 4 is 27.9 Å².